The highest BCUT2D eigenvalue weighted by atomic mass is 32.1. The normalized spacial score (nSPS) is 12.5. The van der Waals surface area contributed by atoms with Gasteiger partial charge in [-0.25, -0.2) is 0 Å². The van der Waals surface area contributed by atoms with Gasteiger partial charge in [0.1, 0.15) is 0 Å². The first-order chi connectivity index (χ1) is 11.2. The lowest BCUT2D eigenvalue weighted by atomic mass is 9.41. The predicted molar refractivity (Wildman–Crippen MR) is 114 cm³/mol. The van der Waals surface area contributed by atoms with Gasteiger partial charge < -0.3 is 0 Å². The number of hydrogen-bond donors (Lipinski definition) is 0. The Morgan fingerprint density at radius 1 is 0.913 bits per heavy atom. The summed E-state index contributed by atoms with van der Waals surface area (Å²) < 4.78 is 2.90. The van der Waals surface area contributed by atoms with Gasteiger partial charge in [-0.15, -0.1) is 19.3 Å². The van der Waals surface area contributed by atoms with Gasteiger partial charge in [-0.2, -0.15) is 22.7 Å². The van der Waals surface area contributed by atoms with E-state index in [1.54, 1.807) is 5.57 Å². The van der Waals surface area contributed by atoms with Crippen LogP contribution in [0.2, 0.25) is 0 Å². The Labute approximate surface area is 152 Å². The second-order valence-electron chi connectivity index (χ2n) is 5.87. The van der Waals surface area contributed by atoms with Gasteiger partial charge >= 0.3 is 0 Å². The molecule has 5 heteroatoms. The molecule has 0 aromatic carbocycles. The summed E-state index contributed by atoms with van der Waals surface area (Å²) in [5.41, 5.74) is 3.08. The van der Waals surface area contributed by atoms with Crippen molar-refractivity contribution in [1.82, 2.24) is 0 Å². The minimum Gasteiger partial charge on any atom is -0.158 e. The van der Waals surface area contributed by atoms with E-state index in [0.29, 0.717) is 6.71 Å². The highest BCUT2D eigenvalue weighted by molar-refractivity contribution is 7.56. The lowest BCUT2D eigenvalue weighted by Gasteiger charge is -2.19. The molecule has 0 N–H and O–H groups in total. The van der Waals surface area contributed by atoms with Crippen LogP contribution in [0.15, 0.2) is 58.1 Å². The van der Waals surface area contributed by atoms with Crippen molar-refractivity contribution in [3.05, 3.63) is 63.0 Å². The molecule has 3 rings (SSSR count). The molecule has 0 fully saturated rings. The average Bonchev–Trinajstić information content (AvgIpc) is 3.25. The molecule has 0 aliphatic heterocycles. The van der Waals surface area contributed by atoms with Gasteiger partial charge in [0, 0.05) is 4.88 Å². The zero-order chi connectivity index (χ0) is 16.2. The van der Waals surface area contributed by atoms with Crippen LogP contribution in [-0.4, -0.2) is 26.2 Å². The first-order valence-corrected chi connectivity index (χ1v) is 12.7. The molecule has 0 radical (unpaired) electrons. The number of hydrogen-bond acceptors (Lipinski definition) is 3. The van der Waals surface area contributed by atoms with E-state index < -0.39 is 0 Å². The Hall–Kier alpha value is -0.665. The topological polar surface area (TPSA) is 0 Å². The molecule has 0 aliphatic rings. The molecule has 3 aromatic heterocycles. The first kappa shape index (κ1) is 17.2. The van der Waals surface area contributed by atoms with Crippen LogP contribution in [0, 0.1) is 0 Å². The van der Waals surface area contributed by atoms with Gasteiger partial charge in [0.05, 0.1) is 0 Å². The fourth-order valence-electron chi connectivity index (χ4n) is 2.93. The number of rotatable bonds is 6. The second kappa shape index (κ2) is 7.94. The van der Waals surface area contributed by atoms with Crippen LogP contribution in [0.3, 0.4) is 0 Å². The van der Waals surface area contributed by atoms with Crippen LogP contribution in [0.25, 0.3) is 5.47 Å². The zero-order valence-corrected chi connectivity index (χ0v) is 17.0. The van der Waals surface area contributed by atoms with Gasteiger partial charge in [-0.3, -0.25) is 0 Å². The molecule has 23 heavy (non-hydrogen) atoms. The molecular weight excluding hydrogens is 354 g/mol. The van der Waals surface area contributed by atoms with Crippen molar-refractivity contribution in [3.8, 4) is 0 Å². The van der Waals surface area contributed by atoms with E-state index in [-0.39, 0.29) is 7.92 Å². The van der Waals surface area contributed by atoms with E-state index in [4.69, 9.17) is 0 Å². The van der Waals surface area contributed by atoms with Gasteiger partial charge in [-0.1, -0.05) is 41.4 Å². The molecule has 3 heterocycles. The fraction of sp³-hybridized carbons (Fsp3) is 0.222. The Bertz CT molecular complexity index is 706. The SMILES string of the molecule is C/C(CP(C)C)=C(/B(c1cccs1)c1cccs1)c1cccs1. The van der Waals surface area contributed by atoms with Crippen LogP contribution < -0.4 is 9.55 Å². The van der Waals surface area contributed by atoms with Crippen molar-refractivity contribution in [1.29, 1.82) is 0 Å². The standard InChI is InChI=1S/C18H20BPS3/c1-14(13-20(2)3)18(15-7-4-10-21-15)19(16-8-5-11-22-16)17-9-6-12-23-17/h4-12H,13H2,1-3H3/b18-14-. The smallest absolute Gasteiger partial charge is 0.158 e. The average molecular weight is 374 g/mol. The molecule has 0 unspecified atom stereocenters. The third kappa shape index (κ3) is 4.06. The third-order valence-corrected chi connectivity index (χ3v) is 7.63. The number of allylic oxidation sites excluding steroid dienone is 1. The van der Waals surface area contributed by atoms with Crippen molar-refractivity contribution in [2.45, 2.75) is 6.92 Å². The molecule has 0 aliphatic carbocycles. The van der Waals surface area contributed by atoms with Gasteiger partial charge in [-0.05, 0) is 58.2 Å². The maximum Gasteiger partial charge on any atom is 0.267 e. The summed E-state index contributed by atoms with van der Waals surface area (Å²) in [6.07, 6.45) is 1.22. The molecule has 0 nitrogen and oxygen atoms in total. The highest BCUT2D eigenvalue weighted by Gasteiger charge is 2.29. The summed E-state index contributed by atoms with van der Waals surface area (Å²) in [7, 11) is 0.0656. The number of thiophene rings is 3. The molecule has 0 bridgehead atoms. The Morgan fingerprint density at radius 3 is 1.91 bits per heavy atom. The zero-order valence-electron chi connectivity index (χ0n) is 13.7. The second-order valence-corrected chi connectivity index (χ2v) is 11.3. The molecular formula is C18H20BPS3. The fourth-order valence-corrected chi connectivity index (χ4v) is 6.70. The van der Waals surface area contributed by atoms with Crippen LogP contribution >= 0.6 is 41.9 Å². The minimum absolute atomic E-state index is 0.0656. The minimum atomic E-state index is 0.0656. The predicted octanol–water partition coefficient (Wildman–Crippen LogP) is 5.23. The molecule has 0 amide bonds. The van der Waals surface area contributed by atoms with E-state index in [9.17, 15) is 0 Å². The summed E-state index contributed by atoms with van der Waals surface area (Å²) >= 11 is 5.62. The lowest BCUT2D eigenvalue weighted by Crippen LogP contribution is -2.40. The lowest BCUT2D eigenvalue weighted by molar-refractivity contribution is 1.42. The van der Waals surface area contributed by atoms with Crippen molar-refractivity contribution < 1.29 is 0 Å². The van der Waals surface area contributed by atoms with E-state index in [2.05, 4.69) is 72.8 Å². The molecule has 0 spiro atoms. The van der Waals surface area contributed by atoms with Crippen molar-refractivity contribution >= 4 is 63.7 Å². The van der Waals surface area contributed by atoms with Crippen molar-refractivity contribution in [2.24, 2.45) is 0 Å². The van der Waals surface area contributed by atoms with Crippen molar-refractivity contribution in [2.75, 3.05) is 19.5 Å². The van der Waals surface area contributed by atoms with E-state index in [1.165, 1.54) is 26.1 Å². The molecule has 3 aromatic rings. The van der Waals surface area contributed by atoms with Crippen molar-refractivity contribution in [3.63, 3.8) is 0 Å². The molecule has 0 atom stereocenters. The Morgan fingerprint density at radius 2 is 1.48 bits per heavy atom. The maximum absolute atomic E-state index is 2.37. The van der Waals surface area contributed by atoms with E-state index >= 15 is 0 Å². The van der Waals surface area contributed by atoms with Crippen LogP contribution in [0.1, 0.15) is 11.8 Å². The summed E-state index contributed by atoms with van der Waals surface area (Å²) in [6, 6.07) is 13.4. The summed E-state index contributed by atoms with van der Waals surface area (Å²) in [5, 5.41) is 6.59. The Balaban J connectivity index is 2.16. The molecule has 0 saturated carbocycles. The van der Waals surface area contributed by atoms with E-state index in [1.807, 2.05) is 34.0 Å². The quantitative estimate of drug-likeness (QED) is 0.409. The monoisotopic (exact) mass is 374 g/mol. The summed E-state index contributed by atoms with van der Waals surface area (Å²) in [4.78, 5) is 1.42. The van der Waals surface area contributed by atoms with Gasteiger partial charge in [0.25, 0.3) is 6.71 Å². The van der Waals surface area contributed by atoms with Crippen LogP contribution in [0.5, 0.6) is 0 Å². The van der Waals surface area contributed by atoms with Gasteiger partial charge in [0.15, 0.2) is 0 Å². The summed E-state index contributed by atoms with van der Waals surface area (Å²) in [6.45, 7) is 7.46. The third-order valence-electron chi connectivity index (χ3n) is 3.74. The highest BCUT2D eigenvalue weighted by Crippen LogP contribution is 2.34. The molecule has 118 valence electrons. The molecule has 0 saturated heterocycles. The summed E-state index contributed by atoms with van der Waals surface area (Å²) in [5.74, 6) is 0. The van der Waals surface area contributed by atoms with Crippen LogP contribution in [-0.2, 0) is 0 Å². The Kier molecular flexibility index (Phi) is 5.93. The van der Waals surface area contributed by atoms with E-state index in [0.717, 1.165) is 0 Å². The maximum atomic E-state index is 2.37. The largest absolute Gasteiger partial charge is 0.267 e. The van der Waals surface area contributed by atoms with Gasteiger partial charge in [0.2, 0.25) is 0 Å². The van der Waals surface area contributed by atoms with Crippen LogP contribution in [0.4, 0.5) is 0 Å². The first-order valence-electron chi connectivity index (χ1n) is 7.62.